The van der Waals surface area contributed by atoms with Crippen LogP contribution in [0.15, 0.2) is 0 Å². The van der Waals surface area contributed by atoms with Crippen LogP contribution in [0.4, 0.5) is 0 Å². The van der Waals surface area contributed by atoms with Crippen molar-refractivity contribution in [2.45, 2.75) is 90.4 Å². The van der Waals surface area contributed by atoms with E-state index in [1.54, 1.807) is 0 Å². The lowest BCUT2D eigenvalue weighted by Crippen LogP contribution is -2.23. The molecule has 0 fully saturated rings. The summed E-state index contributed by atoms with van der Waals surface area (Å²) < 4.78 is 0. The van der Waals surface area contributed by atoms with Gasteiger partial charge in [-0.05, 0) is 19.3 Å². The zero-order valence-electron chi connectivity index (χ0n) is 13.8. The first-order valence-corrected chi connectivity index (χ1v) is 8.71. The molecule has 0 aliphatic carbocycles. The molecule has 3 N–H and O–H groups in total. The number of amides is 2. The number of primary amides is 1. The third-order valence-corrected chi connectivity index (χ3v) is 3.68. The third-order valence-electron chi connectivity index (χ3n) is 3.68. The molecule has 0 unspecified atom stereocenters. The molecule has 0 atom stereocenters. The molecule has 0 saturated carbocycles. The van der Waals surface area contributed by atoms with Crippen molar-refractivity contribution in [3.63, 3.8) is 0 Å². The summed E-state index contributed by atoms with van der Waals surface area (Å²) in [6.07, 6.45) is 13.8. The monoisotopic (exact) mass is 298 g/mol. The molecule has 0 aliphatic heterocycles. The molecule has 0 saturated heterocycles. The molecule has 0 bridgehead atoms. The Morgan fingerprint density at radius 2 is 1.24 bits per heavy atom. The van der Waals surface area contributed by atoms with Gasteiger partial charge in [0.15, 0.2) is 0 Å². The zero-order valence-corrected chi connectivity index (χ0v) is 13.8. The average molecular weight is 298 g/mol. The van der Waals surface area contributed by atoms with Gasteiger partial charge in [0, 0.05) is 19.4 Å². The maximum absolute atomic E-state index is 11.5. The lowest BCUT2D eigenvalue weighted by atomic mass is 10.1. The Balaban J connectivity index is 3.11. The van der Waals surface area contributed by atoms with Crippen LogP contribution in [0.1, 0.15) is 90.4 Å². The molecule has 0 aromatic rings. The zero-order chi connectivity index (χ0) is 15.8. The summed E-state index contributed by atoms with van der Waals surface area (Å²) in [4.78, 5) is 22.0. The number of unbranched alkanes of at least 4 members (excludes halogenated alkanes) is 9. The fourth-order valence-corrected chi connectivity index (χ4v) is 2.32. The second-order valence-corrected chi connectivity index (χ2v) is 5.85. The van der Waals surface area contributed by atoms with Crippen molar-refractivity contribution >= 4 is 11.8 Å². The van der Waals surface area contributed by atoms with E-state index in [0.29, 0.717) is 12.8 Å². The van der Waals surface area contributed by atoms with Gasteiger partial charge in [-0.2, -0.15) is 0 Å². The van der Waals surface area contributed by atoms with E-state index < -0.39 is 0 Å². The van der Waals surface area contributed by atoms with Crippen LogP contribution in [0.2, 0.25) is 0 Å². The van der Waals surface area contributed by atoms with E-state index in [1.807, 2.05) is 0 Å². The quantitative estimate of drug-likeness (QED) is 0.453. The second kappa shape index (κ2) is 15.3. The maximum atomic E-state index is 11.5. The topological polar surface area (TPSA) is 72.2 Å². The van der Waals surface area contributed by atoms with Gasteiger partial charge in [-0.1, -0.05) is 58.3 Å². The van der Waals surface area contributed by atoms with Crippen LogP contribution < -0.4 is 11.1 Å². The fourth-order valence-electron chi connectivity index (χ4n) is 2.32. The number of carbonyl (C=O) groups excluding carboxylic acids is 2. The van der Waals surface area contributed by atoms with Crippen molar-refractivity contribution in [1.82, 2.24) is 5.32 Å². The van der Waals surface area contributed by atoms with E-state index in [1.165, 1.54) is 32.1 Å². The van der Waals surface area contributed by atoms with Crippen LogP contribution in [-0.2, 0) is 9.59 Å². The van der Waals surface area contributed by atoms with Crippen molar-refractivity contribution in [1.29, 1.82) is 0 Å². The van der Waals surface area contributed by atoms with Crippen LogP contribution in [0.5, 0.6) is 0 Å². The predicted octanol–water partition coefficient (Wildman–Crippen LogP) is 3.68. The van der Waals surface area contributed by atoms with Gasteiger partial charge in [-0.3, -0.25) is 9.59 Å². The molecule has 0 aliphatic rings. The van der Waals surface area contributed by atoms with Gasteiger partial charge in [0.2, 0.25) is 11.8 Å². The van der Waals surface area contributed by atoms with E-state index in [-0.39, 0.29) is 11.8 Å². The average Bonchev–Trinajstić information content (AvgIpc) is 2.44. The molecule has 124 valence electrons. The highest BCUT2D eigenvalue weighted by molar-refractivity contribution is 5.75. The number of hydrogen-bond acceptors (Lipinski definition) is 2. The molecular formula is C17H34N2O2. The van der Waals surface area contributed by atoms with Crippen LogP contribution in [0, 0.1) is 0 Å². The Morgan fingerprint density at radius 1 is 0.762 bits per heavy atom. The van der Waals surface area contributed by atoms with E-state index in [4.69, 9.17) is 5.73 Å². The van der Waals surface area contributed by atoms with E-state index in [0.717, 1.165) is 45.1 Å². The Kier molecular flexibility index (Phi) is 14.6. The summed E-state index contributed by atoms with van der Waals surface area (Å²) in [5, 5.41) is 2.95. The van der Waals surface area contributed by atoms with Crippen molar-refractivity contribution < 1.29 is 9.59 Å². The number of carbonyl (C=O) groups is 2. The highest BCUT2D eigenvalue weighted by Gasteiger charge is 2.00. The van der Waals surface area contributed by atoms with Crippen LogP contribution in [0.25, 0.3) is 0 Å². The smallest absolute Gasteiger partial charge is 0.219 e. The fraction of sp³-hybridized carbons (Fsp3) is 0.882. The van der Waals surface area contributed by atoms with Gasteiger partial charge < -0.3 is 11.1 Å². The molecular weight excluding hydrogens is 264 g/mol. The Hall–Kier alpha value is -1.06. The molecule has 0 rings (SSSR count). The lowest BCUT2D eigenvalue weighted by molar-refractivity contribution is -0.121. The summed E-state index contributed by atoms with van der Waals surface area (Å²) >= 11 is 0. The first-order chi connectivity index (χ1) is 10.2. The summed E-state index contributed by atoms with van der Waals surface area (Å²) in [5.74, 6) is 0.0200. The molecule has 0 spiro atoms. The molecule has 0 aromatic heterocycles. The predicted molar refractivity (Wildman–Crippen MR) is 87.9 cm³/mol. The van der Waals surface area contributed by atoms with Gasteiger partial charge in [-0.25, -0.2) is 0 Å². The molecule has 0 radical (unpaired) electrons. The van der Waals surface area contributed by atoms with Crippen LogP contribution in [0.3, 0.4) is 0 Å². The maximum Gasteiger partial charge on any atom is 0.219 e. The molecule has 2 amide bonds. The van der Waals surface area contributed by atoms with Gasteiger partial charge >= 0.3 is 0 Å². The normalized spacial score (nSPS) is 10.5. The van der Waals surface area contributed by atoms with Crippen molar-refractivity contribution in [3.8, 4) is 0 Å². The van der Waals surface area contributed by atoms with E-state index >= 15 is 0 Å². The van der Waals surface area contributed by atoms with Crippen molar-refractivity contribution in [2.75, 3.05) is 6.54 Å². The molecule has 21 heavy (non-hydrogen) atoms. The number of nitrogens with two attached hydrogens (primary N) is 1. The van der Waals surface area contributed by atoms with Crippen molar-refractivity contribution in [2.24, 2.45) is 5.73 Å². The first kappa shape index (κ1) is 19.9. The van der Waals surface area contributed by atoms with Gasteiger partial charge in [-0.15, -0.1) is 0 Å². The first-order valence-electron chi connectivity index (χ1n) is 8.71. The standard InChI is InChI=1S/C17H34N2O2/c1-2-3-15-19-17(21)14-12-10-8-6-4-5-7-9-11-13-16(18)20/h2-15H2,1H3,(H2,18,20)(H,19,21). The number of nitrogens with one attached hydrogen (secondary N) is 1. The van der Waals surface area contributed by atoms with Gasteiger partial charge in [0.1, 0.15) is 0 Å². The number of rotatable bonds is 15. The molecule has 4 nitrogen and oxygen atoms in total. The van der Waals surface area contributed by atoms with E-state index in [2.05, 4.69) is 12.2 Å². The molecule has 0 aromatic carbocycles. The van der Waals surface area contributed by atoms with Gasteiger partial charge in [0.05, 0.1) is 0 Å². The minimum Gasteiger partial charge on any atom is -0.370 e. The molecule has 0 heterocycles. The second-order valence-electron chi connectivity index (χ2n) is 5.85. The number of hydrogen-bond donors (Lipinski definition) is 2. The summed E-state index contributed by atoms with van der Waals surface area (Å²) in [6.45, 7) is 2.95. The van der Waals surface area contributed by atoms with E-state index in [9.17, 15) is 9.59 Å². The Labute approximate surface area is 130 Å². The van der Waals surface area contributed by atoms with Crippen molar-refractivity contribution in [3.05, 3.63) is 0 Å². The highest BCUT2D eigenvalue weighted by Crippen LogP contribution is 2.11. The largest absolute Gasteiger partial charge is 0.370 e. The lowest BCUT2D eigenvalue weighted by Gasteiger charge is -2.04. The summed E-state index contributed by atoms with van der Waals surface area (Å²) in [7, 11) is 0. The van der Waals surface area contributed by atoms with Crippen LogP contribution in [-0.4, -0.2) is 18.4 Å². The molecule has 4 heteroatoms. The van der Waals surface area contributed by atoms with Gasteiger partial charge in [0.25, 0.3) is 0 Å². The minimum atomic E-state index is -0.186. The third kappa shape index (κ3) is 16.9. The van der Waals surface area contributed by atoms with Crippen LogP contribution >= 0.6 is 0 Å². The minimum absolute atomic E-state index is 0.186. The summed E-state index contributed by atoms with van der Waals surface area (Å²) in [6, 6.07) is 0. The Bertz CT molecular complexity index is 268. The summed E-state index contributed by atoms with van der Waals surface area (Å²) in [5.41, 5.74) is 5.09. The SMILES string of the molecule is CCCCNC(=O)CCCCCCCCCCCC(N)=O. The highest BCUT2D eigenvalue weighted by atomic mass is 16.1. The Morgan fingerprint density at radius 3 is 1.71 bits per heavy atom.